The summed E-state index contributed by atoms with van der Waals surface area (Å²) in [4.78, 5) is 12.0. The molecule has 0 fully saturated rings. The number of benzene rings is 1. The van der Waals surface area contributed by atoms with Crippen LogP contribution >= 0.6 is 0 Å². The highest BCUT2D eigenvalue weighted by Crippen LogP contribution is 2.16. The Morgan fingerprint density at radius 1 is 1.39 bits per heavy atom. The van der Waals surface area contributed by atoms with Crippen molar-refractivity contribution >= 4 is 11.6 Å². The van der Waals surface area contributed by atoms with Gasteiger partial charge in [0, 0.05) is 11.7 Å². The van der Waals surface area contributed by atoms with Crippen LogP contribution in [0.1, 0.15) is 44.0 Å². The monoisotopic (exact) mass is 252 g/mol. The third-order valence-electron chi connectivity index (χ3n) is 3.37. The summed E-state index contributed by atoms with van der Waals surface area (Å²) in [5.74, 6) is -0.236. The summed E-state index contributed by atoms with van der Waals surface area (Å²) in [6, 6.07) is 3.90. The van der Waals surface area contributed by atoms with Gasteiger partial charge in [-0.2, -0.15) is 0 Å². The lowest BCUT2D eigenvalue weighted by molar-refractivity contribution is 0.0926. The van der Waals surface area contributed by atoms with Crippen LogP contribution in [-0.2, 0) is 0 Å². The molecule has 1 amide bonds. The van der Waals surface area contributed by atoms with Crippen molar-refractivity contribution in [3.05, 3.63) is 29.6 Å². The summed E-state index contributed by atoms with van der Waals surface area (Å²) >= 11 is 0. The summed E-state index contributed by atoms with van der Waals surface area (Å²) in [6.45, 7) is 6.18. The fourth-order valence-electron chi connectivity index (χ4n) is 2.14. The van der Waals surface area contributed by atoms with Crippen molar-refractivity contribution in [1.82, 2.24) is 5.32 Å². The van der Waals surface area contributed by atoms with Crippen molar-refractivity contribution in [2.75, 3.05) is 5.73 Å². The molecule has 0 aliphatic heterocycles. The molecular formula is C14H21FN2O. The van der Waals surface area contributed by atoms with Crippen molar-refractivity contribution in [3.8, 4) is 0 Å². The molecule has 1 atom stereocenters. The van der Waals surface area contributed by atoms with Crippen molar-refractivity contribution in [2.45, 2.75) is 39.7 Å². The maximum Gasteiger partial charge on any atom is 0.253 e. The predicted octanol–water partition coefficient (Wildman–Crippen LogP) is 2.96. The number of amides is 1. The first-order valence-corrected chi connectivity index (χ1v) is 6.35. The molecule has 0 spiro atoms. The fraction of sp³-hybridized carbons (Fsp3) is 0.500. The molecule has 0 aliphatic rings. The van der Waals surface area contributed by atoms with E-state index in [1.165, 1.54) is 12.1 Å². The number of nitrogen functional groups attached to an aromatic ring is 1. The lowest BCUT2D eigenvalue weighted by Crippen LogP contribution is -2.38. The van der Waals surface area contributed by atoms with Gasteiger partial charge in [0.25, 0.3) is 5.91 Å². The summed E-state index contributed by atoms with van der Waals surface area (Å²) in [5, 5.41) is 2.92. The molecule has 100 valence electrons. The first-order valence-electron chi connectivity index (χ1n) is 6.35. The Morgan fingerprint density at radius 3 is 2.50 bits per heavy atom. The Kier molecular flexibility index (Phi) is 5.13. The minimum absolute atomic E-state index is 0.0805. The Hall–Kier alpha value is -1.58. The second kappa shape index (κ2) is 6.38. The molecule has 0 saturated carbocycles. The number of nitrogens with two attached hydrogens (primary N) is 1. The van der Waals surface area contributed by atoms with Gasteiger partial charge in [0.15, 0.2) is 0 Å². The predicted molar refractivity (Wildman–Crippen MR) is 71.8 cm³/mol. The molecule has 3 N–H and O–H groups in total. The van der Waals surface area contributed by atoms with E-state index in [4.69, 9.17) is 5.73 Å². The van der Waals surface area contributed by atoms with Gasteiger partial charge >= 0.3 is 0 Å². The Balaban J connectivity index is 2.76. The van der Waals surface area contributed by atoms with Gasteiger partial charge in [-0.25, -0.2) is 4.39 Å². The van der Waals surface area contributed by atoms with Crippen LogP contribution in [0, 0.1) is 11.7 Å². The first kappa shape index (κ1) is 14.5. The van der Waals surface area contributed by atoms with Crippen molar-refractivity contribution < 1.29 is 9.18 Å². The molecule has 1 aromatic rings. The molecular weight excluding hydrogens is 231 g/mol. The fourth-order valence-corrected chi connectivity index (χ4v) is 2.14. The van der Waals surface area contributed by atoms with Crippen LogP contribution in [0.15, 0.2) is 18.2 Å². The van der Waals surface area contributed by atoms with E-state index in [2.05, 4.69) is 19.2 Å². The van der Waals surface area contributed by atoms with Crippen LogP contribution in [-0.4, -0.2) is 11.9 Å². The summed E-state index contributed by atoms with van der Waals surface area (Å²) in [5.41, 5.74) is 6.14. The molecule has 0 radical (unpaired) electrons. The molecule has 4 heteroatoms. The van der Waals surface area contributed by atoms with Gasteiger partial charge in [-0.15, -0.1) is 0 Å². The third-order valence-corrected chi connectivity index (χ3v) is 3.37. The zero-order valence-electron chi connectivity index (χ0n) is 11.2. The van der Waals surface area contributed by atoms with Crippen LogP contribution < -0.4 is 11.1 Å². The van der Waals surface area contributed by atoms with Crippen molar-refractivity contribution in [3.63, 3.8) is 0 Å². The second-order valence-corrected chi connectivity index (χ2v) is 4.57. The zero-order valence-corrected chi connectivity index (χ0v) is 11.2. The highest BCUT2D eigenvalue weighted by Gasteiger charge is 2.18. The smallest absolute Gasteiger partial charge is 0.253 e. The van der Waals surface area contributed by atoms with E-state index in [0.717, 1.165) is 18.9 Å². The van der Waals surface area contributed by atoms with Crippen LogP contribution in [0.3, 0.4) is 0 Å². The van der Waals surface area contributed by atoms with Gasteiger partial charge in [0.2, 0.25) is 0 Å². The SMILES string of the molecule is CCC(CC)C(C)NC(=O)c1ccc(F)cc1N. The minimum atomic E-state index is -0.433. The lowest BCUT2D eigenvalue weighted by Gasteiger charge is -2.22. The number of carbonyl (C=O) groups excluding carboxylic acids is 1. The second-order valence-electron chi connectivity index (χ2n) is 4.57. The van der Waals surface area contributed by atoms with E-state index < -0.39 is 5.82 Å². The number of hydrogen-bond acceptors (Lipinski definition) is 2. The highest BCUT2D eigenvalue weighted by atomic mass is 19.1. The average molecular weight is 252 g/mol. The molecule has 0 aromatic heterocycles. The first-order chi connectivity index (χ1) is 8.49. The summed E-state index contributed by atoms with van der Waals surface area (Å²) in [7, 11) is 0. The van der Waals surface area contributed by atoms with Crippen LogP contribution in [0.4, 0.5) is 10.1 Å². The molecule has 0 bridgehead atoms. The van der Waals surface area contributed by atoms with E-state index in [1.54, 1.807) is 0 Å². The topological polar surface area (TPSA) is 55.1 Å². The van der Waals surface area contributed by atoms with Gasteiger partial charge < -0.3 is 11.1 Å². The lowest BCUT2D eigenvalue weighted by atomic mass is 9.95. The Morgan fingerprint density at radius 2 is 2.00 bits per heavy atom. The van der Waals surface area contributed by atoms with Crippen LogP contribution in [0.2, 0.25) is 0 Å². The molecule has 0 heterocycles. The minimum Gasteiger partial charge on any atom is -0.398 e. The van der Waals surface area contributed by atoms with E-state index >= 15 is 0 Å². The normalized spacial score (nSPS) is 12.5. The summed E-state index contributed by atoms with van der Waals surface area (Å²) < 4.78 is 12.9. The van der Waals surface area contributed by atoms with E-state index in [0.29, 0.717) is 11.5 Å². The zero-order chi connectivity index (χ0) is 13.7. The third kappa shape index (κ3) is 3.45. The largest absolute Gasteiger partial charge is 0.398 e. The van der Waals surface area contributed by atoms with Gasteiger partial charge in [-0.05, 0) is 31.0 Å². The number of carbonyl (C=O) groups is 1. The maximum absolute atomic E-state index is 12.9. The quantitative estimate of drug-likeness (QED) is 0.792. The Bertz CT molecular complexity index is 416. The standard InChI is InChI=1S/C14H21FN2O/c1-4-10(5-2)9(3)17-14(18)12-7-6-11(15)8-13(12)16/h6-10H,4-5,16H2,1-3H3,(H,17,18). The molecule has 1 unspecified atom stereocenters. The van der Waals surface area contributed by atoms with Crippen molar-refractivity contribution in [1.29, 1.82) is 0 Å². The number of hydrogen-bond donors (Lipinski definition) is 2. The molecule has 1 rings (SSSR count). The van der Waals surface area contributed by atoms with Crippen LogP contribution in [0.25, 0.3) is 0 Å². The average Bonchev–Trinajstić information content (AvgIpc) is 2.30. The molecule has 1 aromatic carbocycles. The van der Waals surface area contributed by atoms with E-state index in [1.807, 2.05) is 6.92 Å². The number of rotatable bonds is 5. The Labute approximate surface area is 108 Å². The number of halogens is 1. The van der Waals surface area contributed by atoms with Crippen molar-refractivity contribution in [2.24, 2.45) is 5.92 Å². The van der Waals surface area contributed by atoms with Gasteiger partial charge in [-0.3, -0.25) is 4.79 Å². The number of nitrogens with one attached hydrogen (secondary N) is 1. The van der Waals surface area contributed by atoms with E-state index in [9.17, 15) is 9.18 Å². The van der Waals surface area contributed by atoms with Gasteiger partial charge in [0.1, 0.15) is 5.82 Å². The van der Waals surface area contributed by atoms with Crippen LogP contribution in [0.5, 0.6) is 0 Å². The molecule has 0 aliphatic carbocycles. The maximum atomic E-state index is 12.9. The molecule has 0 saturated heterocycles. The summed E-state index contributed by atoms with van der Waals surface area (Å²) in [6.07, 6.45) is 2.02. The number of anilines is 1. The highest BCUT2D eigenvalue weighted by molar-refractivity contribution is 5.99. The molecule has 3 nitrogen and oxygen atoms in total. The van der Waals surface area contributed by atoms with Gasteiger partial charge in [0.05, 0.1) is 5.56 Å². The van der Waals surface area contributed by atoms with E-state index in [-0.39, 0.29) is 17.6 Å². The molecule has 18 heavy (non-hydrogen) atoms. The van der Waals surface area contributed by atoms with Gasteiger partial charge in [-0.1, -0.05) is 26.7 Å².